The number of aliphatic hydroxyl groups excluding tert-OH is 1. The molecule has 3 aliphatic rings. The third kappa shape index (κ3) is 4.92. The van der Waals surface area contributed by atoms with E-state index in [2.05, 4.69) is 36.0 Å². The van der Waals surface area contributed by atoms with Gasteiger partial charge in [-0.15, -0.1) is 24.9 Å². The minimum atomic E-state index is -0.728. The molecule has 3 rings (SSSR count). The van der Waals surface area contributed by atoms with Crippen LogP contribution in [0.3, 0.4) is 0 Å². The molecule has 0 aliphatic carbocycles. The summed E-state index contributed by atoms with van der Waals surface area (Å²) in [7, 11) is 1.74. The summed E-state index contributed by atoms with van der Waals surface area (Å²) in [4.78, 5) is 47.3. The summed E-state index contributed by atoms with van der Waals surface area (Å²) in [5.74, 6) is -1.51. The number of fused-ring (bicyclic) bond motifs is 1. The maximum Gasteiger partial charge on any atom is 0.247 e. The lowest BCUT2D eigenvalue weighted by atomic mass is 9.70. The van der Waals surface area contributed by atoms with Crippen molar-refractivity contribution in [2.45, 2.75) is 73.4 Å². The van der Waals surface area contributed by atoms with Gasteiger partial charge in [-0.05, 0) is 18.8 Å². The van der Waals surface area contributed by atoms with Gasteiger partial charge in [0.2, 0.25) is 17.7 Å². The number of nitrogens with zero attached hydrogens (tertiary/aromatic N) is 3. The normalized spacial score (nSPS) is 31.5. The maximum absolute atomic E-state index is 14.3. The second kappa shape index (κ2) is 12.0. The molecule has 9 heteroatoms. The molecule has 7 atom stereocenters. The first-order chi connectivity index (χ1) is 17.1. The standard InChI is InChI=1S/C27H42BrN3O4S/c1-7-10-11-14-30(13-9-3)26(35)23-27-15-18(28)22(36-27)20(24(33)29(6)12-8-2)21(27)25(34)31(23)19(16-32)17(4)5/h8-9,17-23,32H,2-3,7,10-16H2,1,4-6H3/t18?,19-,20+,21-,22+,23?,27?/m0/s1. The van der Waals surface area contributed by atoms with Crippen LogP contribution in [-0.2, 0) is 14.4 Å². The number of rotatable bonds is 13. The Morgan fingerprint density at radius 2 is 1.92 bits per heavy atom. The molecule has 0 radical (unpaired) electrons. The summed E-state index contributed by atoms with van der Waals surface area (Å²) >= 11 is 5.45. The van der Waals surface area contributed by atoms with Crippen molar-refractivity contribution in [1.82, 2.24) is 14.7 Å². The summed E-state index contributed by atoms with van der Waals surface area (Å²) in [6.45, 7) is 14.8. The molecule has 0 aromatic carbocycles. The summed E-state index contributed by atoms with van der Waals surface area (Å²) in [6.07, 6.45) is 6.98. The molecule has 1 spiro atoms. The number of carbonyl (C=O) groups excluding carboxylic acids is 3. The molecule has 3 heterocycles. The van der Waals surface area contributed by atoms with Crippen LogP contribution in [0, 0.1) is 17.8 Å². The van der Waals surface area contributed by atoms with E-state index in [0.29, 0.717) is 26.1 Å². The number of thioether (sulfide) groups is 1. The van der Waals surface area contributed by atoms with E-state index in [-0.39, 0.29) is 40.3 Å². The number of hydrogen-bond donors (Lipinski definition) is 1. The molecule has 7 nitrogen and oxygen atoms in total. The van der Waals surface area contributed by atoms with E-state index >= 15 is 0 Å². The highest BCUT2D eigenvalue weighted by Gasteiger charge is 2.76. The number of amides is 3. The number of alkyl halides is 1. The Balaban J connectivity index is 2.10. The van der Waals surface area contributed by atoms with Crippen LogP contribution in [0.1, 0.15) is 46.5 Å². The molecular weight excluding hydrogens is 542 g/mol. The monoisotopic (exact) mass is 583 g/mol. The fourth-order valence-corrected chi connectivity index (χ4v) is 9.90. The number of likely N-dealkylation sites (N-methyl/N-ethyl adjacent to an activating group) is 1. The zero-order valence-corrected chi connectivity index (χ0v) is 24.5. The topological polar surface area (TPSA) is 81.2 Å². The van der Waals surface area contributed by atoms with Crippen molar-refractivity contribution in [1.29, 1.82) is 0 Å². The molecular formula is C27H42BrN3O4S. The zero-order chi connectivity index (χ0) is 26.8. The highest BCUT2D eigenvalue weighted by Crippen LogP contribution is 2.68. The number of unbranched alkanes of at least 4 members (excludes halogenated alkanes) is 2. The Labute approximate surface area is 228 Å². The molecule has 3 amide bonds. The number of hydrogen-bond acceptors (Lipinski definition) is 5. The number of carbonyl (C=O) groups is 3. The molecule has 2 bridgehead atoms. The van der Waals surface area contributed by atoms with Gasteiger partial charge in [0.25, 0.3) is 0 Å². The van der Waals surface area contributed by atoms with E-state index in [0.717, 1.165) is 19.3 Å². The Kier molecular flexibility index (Phi) is 9.77. The van der Waals surface area contributed by atoms with Crippen molar-refractivity contribution in [3.63, 3.8) is 0 Å². The van der Waals surface area contributed by atoms with E-state index in [4.69, 9.17) is 0 Å². The zero-order valence-electron chi connectivity index (χ0n) is 22.1. The van der Waals surface area contributed by atoms with Crippen LogP contribution in [0.2, 0.25) is 0 Å². The van der Waals surface area contributed by atoms with Gasteiger partial charge in [-0.2, -0.15) is 0 Å². The highest BCUT2D eigenvalue weighted by molar-refractivity contribution is 9.09. The first-order valence-corrected chi connectivity index (χ1v) is 14.9. The van der Waals surface area contributed by atoms with Crippen molar-refractivity contribution >= 4 is 45.4 Å². The van der Waals surface area contributed by atoms with Crippen LogP contribution in [0.5, 0.6) is 0 Å². The van der Waals surface area contributed by atoms with E-state index < -0.39 is 28.7 Å². The molecule has 1 N–H and O–H groups in total. The largest absolute Gasteiger partial charge is 0.394 e. The van der Waals surface area contributed by atoms with E-state index in [9.17, 15) is 19.5 Å². The third-order valence-electron chi connectivity index (χ3n) is 8.03. The lowest BCUT2D eigenvalue weighted by Crippen LogP contribution is -2.58. The Morgan fingerprint density at radius 3 is 2.47 bits per heavy atom. The van der Waals surface area contributed by atoms with Crippen LogP contribution < -0.4 is 0 Å². The minimum absolute atomic E-state index is 0.0208. The van der Waals surface area contributed by atoms with Crippen molar-refractivity contribution in [2.24, 2.45) is 17.8 Å². The summed E-state index contributed by atoms with van der Waals surface area (Å²) < 4.78 is -0.713. The van der Waals surface area contributed by atoms with E-state index in [1.807, 2.05) is 18.7 Å². The average molecular weight is 585 g/mol. The molecule has 0 aromatic rings. The number of likely N-dealkylation sites (tertiary alicyclic amines) is 1. The second-order valence-electron chi connectivity index (χ2n) is 10.7. The number of halogens is 1. The Bertz CT molecular complexity index is 870. The van der Waals surface area contributed by atoms with Crippen molar-refractivity contribution < 1.29 is 19.5 Å². The van der Waals surface area contributed by atoms with Gasteiger partial charge in [0.15, 0.2) is 0 Å². The Morgan fingerprint density at radius 1 is 1.25 bits per heavy atom. The van der Waals surface area contributed by atoms with Gasteiger partial charge in [0.1, 0.15) is 6.04 Å². The fourth-order valence-electron chi connectivity index (χ4n) is 6.32. The SMILES string of the molecule is C=CCN(C)C(=O)[C@H]1[C@@H]2SC3(CC2Br)C(C(=O)N(CC=C)CCCCC)N([C@@H](CO)C(C)C)C(=O)[C@H]13. The average Bonchev–Trinajstić information content (AvgIpc) is 3.42. The van der Waals surface area contributed by atoms with Gasteiger partial charge in [-0.25, -0.2) is 0 Å². The van der Waals surface area contributed by atoms with Gasteiger partial charge in [0.05, 0.1) is 29.2 Å². The van der Waals surface area contributed by atoms with Crippen LogP contribution in [0.4, 0.5) is 0 Å². The molecule has 0 saturated carbocycles. The second-order valence-corrected chi connectivity index (χ2v) is 13.4. The smallest absolute Gasteiger partial charge is 0.247 e. The van der Waals surface area contributed by atoms with Crippen LogP contribution >= 0.6 is 27.7 Å². The van der Waals surface area contributed by atoms with E-state index in [1.165, 1.54) is 0 Å². The highest BCUT2D eigenvalue weighted by atomic mass is 79.9. The van der Waals surface area contributed by atoms with Gasteiger partial charge in [0, 0.05) is 36.8 Å². The molecule has 3 saturated heterocycles. The molecule has 3 aliphatic heterocycles. The molecule has 0 aromatic heterocycles. The third-order valence-corrected chi connectivity index (χ3v) is 11.3. The molecule has 36 heavy (non-hydrogen) atoms. The van der Waals surface area contributed by atoms with Crippen LogP contribution in [0.25, 0.3) is 0 Å². The predicted octanol–water partition coefficient (Wildman–Crippen LogP) is 3.32. The molecule has 3 unspecified atom stereocenters. The quantitative estimate of drug-likeness (QED) is 0.204. The van der Waals surface area contributed by atoms with Crippen molar-refractivity contribution in [3.8, 4) is 0 Å². The summed E-state index contributed by atoms with van der Waals surface area (Å²) in [5, 5.41) is 10.3. The maximum atomic E-state index is 14.3. The predicted molar refractivity (Wildman–Crippen MR) is 149 cm³/mol. The minimum Gasteiger partial charge on any atom is -0.394 e. The van der Waals surface area contributed by atoms with E-state index in [1.54, 1.807) is 40.8 Å². The van der Waals surface area contributed by atoms with Gasteiger partial charge >= 0.3 is 0 Å². The molecule has 202 valence electrons. The van der Waals surface area contributed by atoms with Crippen molar-refractivity contribution in [3.05, 3.63) is 25.3 Å². The number of aliphatic hydroxyl groups is 1. The fraction of sp³-hybridized carbons (Fsp3) is 0.741. The lowest BCUT2D eigenvalue weighted by molar-refractivity contribution is -0.147. The van der Waals surface area contributed by atoms with Crippen LogP contribution in [-0.4, -0.2) is 97.7 Å². The van der Waals surface area contributed by atoms with Gasteiger partial charge in [-0.1, -0.05) is 61.7 Å². The van der Waals surface area contributed by atoms with Gasteiger partial charge in [-0.3, -0.25) is 14.4 Å². The summed E-state index contributed by atoms with van der Waals surface area (Å²) in [5.41, 5.74) is 0. The summed E-state index contributed by atoms with van der Waals surface area (Å²) in [6, 6.07) is -1.23. The molecule has 3 fully saturated rings. The first-order valence-electron chi connectivity index (χ1n) is 13.1. The van der Waals surface area contributed by atoms with Crippen molar-refractivity contribution in [2.75, 3.05) is 33.3 Å². The first kappa shape index (κ1) is 29.2. The Hall–Kier alpha value is -1.32. The van der Waals surface area contributed by atoms with Crippen LogP contribution in [0.15, 0.2) is 25.3 Å². The lowest BCUT2D eigenvalue weighted by Gasteiger charge is -2.41. The van der Waals surface area contributed by atoms with Gasteiger partial charge < -0.3 is 19.8 Å².